The molecular weight excluding hydrogens is 144 g/mol. The van der Waals surface area contributed by atoms with E-state index >= 15 is 0 Å². The number of hydrogen-bond donors (Lipinski definition) is 0. The fourth-order valence-electron chi connectivity index (χ4n) is 2.31. The Hall–Kier alpha value is -1.04. The summed E-state index contributed by atoms with van der Waals surface area (Å²) in [5.74, 6) is 0. The molecule has 0 aliphatic heterocycles. The molecule has 0 aromatic heterocycles. The average Bonchev–Trinajstić information content (AvgIpc) is 2.42. The fraction of sp³-hybridized carbons (Fsp3) is 0.333. The van der Waals surface area contributed by atoms with Gasteiger partial charge in [0.1, 0.15) is 0 Å². The smallest absolute Gasteiger partial charge is 0.00793 e. The van der Waals surface area contributed by atoms with Gasteiger partial charge < -0.3 is 0 Å². The highest BCUT2D eigenvalue weighted by molar-refractivity contribution is 5.58. The molecule has 2 aliphatic rings. The van der Waals surface area contributed by atoms with Gasteiger partial charge in [0.05, 0.1) is 0 Å². The van der Waals surface area contributed by atoms with Crippen LogP contribution in [0.25, 0.3) is 12.2 Å². The third-order valence-corrected chi connectivity index (χ3v) is 3.17. The molecule has 0 radical (unpaired) electrons. The van der Waals surface area contributed by atoms with Crippen LogP contribution < -0.4 is 10.4 Å². The Bertz CT molecular complexity index is 385. The van der Waals surface area contributed by atoms with Gasteiger partial charge >= 0.3 is 0 Å². The van der Waals surface area contributed by atoms with Gasteiger partial charge in [0.25, 0.3) is 0 Å². The Kier molecular flexibility index (Phi) is 1.08. The van der Waals surface area contributed by atoms with Crippen LogP contribution in [0.15, 0.2) is 24.3 Å². The van der Waals surface area contributed by atoms with Crippen molar-refractivity contribution in [3.8, 4) is 0 Å². The first kappa shape index (κ1) is 6.47. The van der Waals surface area contributed by atoms with Gasteiger partial charge in [0.2, 0.25) is 0 Å². The summed E-state index contributed by atoms with van der Waals surface area (Å²) in [4.78, 5) is 0. The highest BCUT2D eigenvalue weighted by Crippen LogP contribution is 2.44. The van der Waals surface area contributed by atoms with Crippen molar-refractivity contribution in [2.45, 2.75) is 19.3 Å². The highest BCUT2D eigenvalue weighted by Gasteiger charge is 2.33. The van der Waals surface area contributed by atoms with E-state index in [4.69, 9.17) is 0 Å². The van der Waals surface area contributed by atoms with Crippen LogP contribution in [0.2, 0.25) is 0 Å². The first-order valence-electron chi connectivity index (χ1n) is 4.69. The van der Waals surface area contributed by atoms with Crippen LogP contribution in [0.5, 0.6) is 0 Å². The highest BCUT2D eigenvalue weighted by atomic mass is 14.4. The molecule has 1 aromatic carbocycles. The average molecular weight is 156 g/mol. The molecule has 2 aliphatic carbocycles. The van der Waals surface area contributed by atoms with Crippen molar-refractivity contribution >= 4 is 12.2 Å². The van der Waals surface area contributed by atoms with E-state index in [1.165, 1.54) is 29.7 Å². The van der Waals surface area contributed by atoms with E-state index in [9.17, 15) is 0 Å². The SMILES string of the molecule is C1=c2ccccc2=CC12CCC2. The molecule has 0 heterocycles. The summed E-state index contributed by atoms with van der Waals surface area (Å²) in [6.45, 7) is 0. The van der Waals surface area contributed by atoms with E-state index in [2.05, 4.69) is 36.4 Å². The monoisotopic (exact) mass is 156 g/mol. The predicted octanol–water partition coefficient (Wildman–Crippen LogP) is 1.43. The van der Waals surface area contributed by atoms with E-state index in [1.807, 2.05) is 0 Å². The molecule has 0 nitrogen and oxygen atoms in total. The largest absolute Gasteiger partial charge is 0.0666 e. The molecule has 1 aromatic rings. The van der Waals surface area contributed by atoms with Gasteiger partial charge in [-0.3, -0.25) is 0 Å². The second-order valence-corrected chi connectivity index (χ2v) is 4.00. The van der Waals surface area contributed by atoms with Crippen LogP contribution in [-0.4, -0.2) is 0 Å². The molecular formula is C12H12. The van der Waals surface area contributed by atoms with Crippen LogP contribution in [0.4, 0.5) is 0 Å². The van der Waals surface area contributed by atoms with Gasteiger partial charge in [0.15, 0.2) is 0 Å². The van der Waals surface area contributed by atoms with Crippen LogP contribution >= 0.6 is 0 Å². The van der Waals surface area contributed by atoms with Gasteiger partial charge in [-0.1, -0.05) is 42.8 Å². The lowest BCUT2D eigenvalue weighted by molar-refractivity contribution is 0.326. The normalized spacial score (nSPS) is 22.3. The zero-order valence-electron chi connectivity index (χ0n) is 7.09. The molecule has 0 amide bonds. The number of hydrogen-bond acceptors (Lipinski definition) is 0. The van der Waals surface area contributed by atoms with Gasteiger partial charge in [-0.2, -0.15) is 0 Å². The first-order chi connectivity index (χ1) is 5.88. The van der Waals surface area contributed by atoms with Crippen molar-refractivity contribution in [2.24, 2.45) is 5.41 Å². The Balaban J connectivity index is 2.28. The maximum Gasteiger partial charge on any atom is 0.00793 e. The third kappa shape index (κ3) is 0.726. The zero-order valence-corrected chi connectivity index (χ0v) is 7.09. The minimum Gasteiger partial charge on any atom is -0.0666 e. The molecule has 1 spiro atoms. The maximum absolute atomic E-state index is 2.45. The molecule has 0 N–H and O–H groups in total. The lowest BCUT2D eigenvalue weighted by atomic mass is 9.70. The molecule has 60 valence electrons. The Morgan fingerprint density at radius 3 is 1.92 bits per heavy atom. The number of rotatable bonds is 0. The van der Waals surface area contributed by atoms with Gasteiger partial charge in [0, 0.05) is 5.41 Å². The van der Waals surface area contributed by atoms with E-state index in [1.54, 1.807) is 0 Å². The van der Waals surface area contributed by atoms with Crippen molar-refractivity contribution in [3.05, 3.63) is 34.7 Å². The van der Waals surface area contributed by atoms with E-state index < -0.39 is 0 Å². The minimum atomic E-state index is 0.476. The predicted molar refractivity (Wildman–Crippen MR) is 50.9 cm³/mol. The van der Waals surface area contributed by atoms with E-state index in [0.717, 1.165) is 0 Å². The fourth-order valence-corrected chi connectivity index (χ4v) is 2.31. The molecule has 0 atom stereocenters. The Labute approximate surface area is 72.2 Å². The quantitative estimate of drug-likeness (QED) is 0.533. The second-order valence-electron chi connectivity index (χ2n) is 4.00. The molecule has 12 heavy (non-hydrogen) atoms. The molecule has 1 saturated carbocycles. The van der Waals surface area contributed by atoms with Crippen LogP contribution in [0.1, 0.15) is 19.3 Å². The molecule has 1 fully saturated rings. The molecule has 0 saturated heterocycles. The summed E-state index contributed by atoms with van der Waals surface area (Å²) in [5, 5.41) is 2.88. The topological polar surface area (TPSA) is 0 Å². The summed E-state index contributed by atoms with van der Waals surface area (Å²) in [6, 6.07) is 8.69. The van der Waals surface area contributed by atoms with Crippen molar-refractivity contribution < 1.29 is 0 Å². The lowest BCUT2D eigenvalue weighted by Crippen LogP contribution is -2.22. The van der Waals surface area contributed by atoms with Gasteiger partial charge in [-0.15, -0.1) is 0 Å². The maximum atomic E-state index is 2.45. The molecule has 0 heteroatoms. The first-order valence-corrected chi connectivity index (χ1v) is 4.69. The van der Waals surface area contributed by atoms with Crippen LogP contribution in [0.3, 0.4) is 0 Å². The van der Waals surface area contributed by atoms with Crippen molar-refractivity contribution in [3.63, 3.8) is 0 Å². The summed E-state index contributed by atoms with van der Waals surface area (Å²) < 4.78 is 0. The van der Waals surface area contributed by atoms with Crippen molar-refractivity contribution in [2.75, 3.05) is 0 Å². The Morgan fingerprint density at radius 2 is 1.50 bits per heavy atom. The van der Waals surface area contributed by atoms with Gasteiger partial charge in [-0.25, -0.2) is 0 Å². The third-order valence-electron chi connectivity index (χ3n) is 3.17. The summed E-state index contributed by atoms with van der Waals surface area (Å²) in [6.07, 6.45) is 9.03. The second kappa shape index (κ2) is 2.01. The van der Waals surface area contributed by atoms with E-state index in [0.29, 0.717) is 5.41 Å². The summed E-state index contributed by atoms with van der Waals surface area (Å²) >= 11 is 0. The van der Waals surface area contributed by atoms with Crippen molar-refractivity contribution in [1.29, 1.82) is 0 Å². The van der Waals surface area contributed by atoms with Crippen LogP contribution in [0, 0.1) is 5.41 Å². The summed E-state index contributed by atoms with van der Waals surface area (Å²) in [5.41, 5.74) is 0.476. The van der Waals surface area contributed by atoms with Crippen molar-refractivity contribution in [1.82, 2.24) is 0 Å². The van der Waals surface area contributed by atoms with Crippen LogP contribution in [-0.2, 0) is 0 Å². The van der Waals surface area contributed by atoms with E-state index in [-0.39, 0.29) is 0 Å². The minimum absolute atomic E-state index is 0.476. The lowest BCUT2D eigenvalue weighted by Gasteiger charge is -2.34. The Morgan fingerprint density at radius 1 is 0.917 bits per heavy atom. The molecule has 0 unspecified atom stereocenters. The molecule has 0 bridgehead atoms. The summed E-state index contributed by atoms with van der Waals surface area (Å²) in [7, 11) is 0. The number of benzene rings is 1. The number of fused-ring (bicyclic) bond motifs is 1. The standard InChI is InChI=1S/C12H12/c1-2-5-11-9-12(6-3-7-12)8-10(11)4-1/h1-2,4-5,8-9H,3,6-7H2. The zero-order chi connectivity index (χ0) is 8.02. The molecule has 3 rings (SSSR count). The van der Waals surface area contributed by atoms with Gasteiger partial charge in [-0.05, 0) is 23.3 Å².